The first-order chi connectivity index (χ1) is 22.0. The topological polar surface area (TPSA) is 38.7 Å². The summed E-state index contributed by atoms with van der Waals surface area (Å²) in [5.74, 6) is 3.56. The minimum Gasteiger partial charge on any atom is -0.508 e. The van der Waals surface area contributed by atoms with E-state index in [0.29, 0.717) is 0 Å². The van der Waals surface area contributed by atoms with Crippen molar-refractivity contribution in [3.63, 3.8) is 0 Å². The van der Waals surface area contributed by atoms with Crippen LogP contribution in [0.25, 0.3) is 44.5 Å². The number of phenols is 1. The van der Waals surface area contributed by atoms with Crippen molar-refractivity contribution in [2.75, 3.05) is 0 Å². The van der Waals surface area contributed by atoms with Gasteiger partial charge in [0.2, 0.25) is 0 Å². The summed E-state index contributed by atoms with van der Waals surface area (Å²) >= 11 is 0. The van der Waals surface area contributed by atoms with Crippen LogP contribution in [0.15, 0.2) is 140 Å². The molecule has 0 amide bonds. The van der Waals surface area contributed by atoms with E-state index in [0.717, 1.165) is 55.7 Å². The summed E-state index contributed by atoms with van der Waals surface area (Å²) in [6.45, 7) is 2.10. The first-order valence-electron chi connectivity index (χ1n) is 15.2. The van der Waals surface area contributed by atoms with Gasteiger partial charge in [0.25, 0.3) is 0 Å². The number of allylic oxidation sites excluding steroid dienone is 2. The van der Waals surface area contributed by atoms with Gasteiger partial charge in [-0.3, -0.25) is 0 Å². The second-order valence-corrected chi connectivity index (χ2v) is 11.7. The molecule has 45 heavy (non-hydrogen) atoms. The fraction of sp³-hybridized carbons (Fsp3) is 0.0476. The molecular weight excluding hydrogens is 552 g/mol. The number of hydrogen-bond acceptors (Lipinski definition) is 3. The smallest absolute Gasteiger partial charge is 0.128 e. The first kappa shape index (κ1) is 26.8. The summed E-state index contributed by atoms with van der Waals surface area (Å²) in [6.07, 6.45) is 8.77. The molecule has 1 N–H and O–H groups in total. The van der Waals surface area contributed by atoms with Crippen molar-refractivity contribution in [3.8, 4) is 28.7 Å². The fourth-order valence-electron chi connectivity index (χ4n) is 6.08. The van der Waals surface area contributed by atoms with Crippen LogP contribution >= 0.6 is 0 Å². The molecule has 3 nitrogen and oxygen atoms in total. The zero-order valence-electron chi connectivity index (χ0n) is 24.8. The largest absolute Gasteiger partial charge is 0.508 e. The third kappa shape index (κ3) is 5.52. The van der Waals surface area contributed by atoms with Crippen molar-refractivity contribution in [1.29, 1.82) is 0 Å². The van der Waals surface area contributed by atoms with Gasteiger partial charge >= 0.3 is 0 Å². The van der Waals surface area contributed by atoms with E-state index < -0.39 is 0 Å². The monoisotopic (exact) mass is 582 g/mol. The quantitative estimate of drug-likeness (QED) is 0.219. The Morgan fingerprint density at radius 2 is 0.956 bits per heavy atom. The minimum atomic E-state index is 0.129. The van der Waals surface area contributed by atoms with Gasteiger partial charge in [-0.05, 0) is 117 Å². The van der Waals surface area contributed by atoms with Gasteiger partial charge in [0.1, 0.15) is 28.7 Å². The highest BCUT2D eigenvalue weighted by molar-refractivity contribution is 5.87. The molecule has 0 saturated heterocycles. The van der Waals surface area contributed by atoms with E-state index in [4.69, 9.17) is 9.47 Å². The molecule has 7 aromatic rings. The molecule has 0 saturated carbocycles. The molecule has 3 heteroatoms. The Balaban J connectivity index is 1.02. The molecule has 7 aromatic carbocycles. The van der Waals surface area contributed by atoms with Crippen molar-refractivity contribution in [2.45, 2.75) is 12.8 Å². The molecule has 0 aliphatic heterocycles. The molecule has 0 aromatic heterocycles. The molecule has 1 unspecified atom stereocenters. The molecule has 1 aliphatic carbocycles. The number of aromatic hydroxyl groups is 1. The van der Waals surface area contributed by atoms with Gasteiger partial charge in [-0.25, -0.2) is 0 Å². The minimum absolute atomic E-state index is 0.129. The van der Waals surface area contributed by atoms with Crippen LogP contribution in [-0.4, -0.2) is 5.11 Å². The van der Waals surface area contributed by atoms with Crippen LogP contribution in [0.2, 0.25) is 0 Å². The van der Waals surface area contributed by atoms with Crippen LogP contribution in [0.5, 0.6) is 28.7 Å². The van der Waals surface area contributed by atoms with Crippen LogP contribution in [0.3, 0.4) is 0 Å². The van der Waals surface area contributed by atoms with E-state index in [2.05, 4.69) is 116 Å². The predicted molar refractivity (Wildman–Crippen MR) is 186 cm³/mol. The van der Waals surface area contributed by atoms with E-state index in [1.165, 1.54) is 21.9 Å². The van der Waals surface area contributed by atoms with Crippen molar-refractivity contribution in [3.05, 3.63) is 162 Å². The molecule has 0 radical (unpaired) electrons. The zero-order chi connectivity index (χ0) is 30.3. The molecular formula is C42H30O3. The molecule has 0 heterocycles. The number of aryl methyl sites for hydroxylation is 1. The van der Waals surface area contributed by atoms with Crippen LogP contribution < -0.4 is 9.47 Å². The summed E-state index contributed by atoms with van der Waals surface area (Å²) in [5, 5.41) is 16.6. The third-order valence-corrected chi connectivity index (χ3v) is 8.48. The predicted octanol–water partition coefficient (Wildman–Crippen LogP) is 11.6. The highest BCUT2D eigenvalue weighted by atomic mass is 16.5. The van der Waals surface area contributed by atoms with Crippen molar-refractivity contribution >= 4 is 44.5 Å². The maximum absolute atomic E-state index is 9.94. The average molecular weight is 583 g/mol. The maximum atomic E-state index is 9.94. The van der Waals surface area contributed by atoms with E-state index in [9.17, 15) is 5.11 Å². The van der Waals surface area contributed by atoms with Gasteiger partial charge in [0.05, 0.1) is 0 Å². The molecule has 0 bridgehead atoms. The lowest BCUT2D eigenvalue weighted by Crippen LogP contribution is -1.90. The van der Waals surface area contributed by atoms with Crippen LogP contribution in [-0.2, 0) is 0 Å². The molecule has 216 valence electrons. The second-order valence-electron chi connectivity index (χ2n) is 11.7. The lowest BCUT2D eigenvalue weighted by molar-refractivity contribution is 0.476. The highest BCUT2D eigenvalue weighted by Crippen LogP contribution is 2.34. The summed E-state index contributed by atoms with van der Waals surface area (Å²) < 4.78 is 12.6. The fourth-order valence-corrected chi connectivity index (χ4v) is 6.08. The van der Waals surface area contributed by atoms with E-state index in [-0.39, 0.29) is 11.7 Å². The Morgan fingerprint density at radius 1 is 0.444 bits per heavy atom. The van der Waals surface area contributed by atoms with Crippen LogP contribution in [0, 0.1) is 6.92 Å². The van der Waals surface area contributed by atoms with Crippen molar-refractivity contribution in [2.24, 2.45) is 0 Å². The average Bonchev–Trinajstić information content (AvgIpc) is 3.26. The lowest BCUT2D eigenvalue weighted by atomic mass is 9.95. The third-order valence-electron chi connectivity index (χ3n) is 8.48. The molecule has 0 fully saturated rings. The van der Waals surface area contributed by atoms with Crippen molar-refractivity contribution < 1.29 is 14.6 Å². The Bertz CT molecular complexity index is 2310. The van der Waals surface area contributed by atoms with Gasteiger partial charge in [0, 0.05) is 5.92 Å². The SMILES string of the molecule is Cc1ccc2ccc(Oc3ccc4ccc(Oc5ccc6c(c5)C=CC(c5ccc7ccc(O)cc7c5)C=C6)cc4c3)cc2c1. The number of benzene rings is 7. The normalized spacial score (nSPS) is 14.0. The van der Waals surface area contributed by atoms with E-state index in [1.807, 2.05) is 36.4 Å². The highest BCUT2D eigenvalue weighted by Gasteiger charge is 2.11. The van der Waals surface area contributed by atoms with Gasteiger partial charge in [-0.15, -0.1) is 0 Å². The molecule has 1 atom stereocenters. The van der Waals surface area contributed by atoms with Crippen LogP contribution in [0.4, 0.5) is 0 Å². The van der Waals surface area contributed by atoms with E-state index in [1.54, 1.807) is 6.07 Å². The molecule has 0 spiro atoms. The molecule has 1 aliphatic rings. The standard InChI is InChI=1S/C42H30O3/c1-27-2-3-30-12-17-40(24-35(30)20-27)45-42-19-14-32-13-18-41(25-37(32)26-42)44-39-16-11-29-5-4-28(6-9-34(29)23-39)33-8-7-31-10-15-38(43)22-36(31)21-33/h2-26,28,43H,1H3. The second kappa shape index (κ2) is 11.0. The first-order valence-corrected chi connectivity index (χ1v) is 15.2. The Morgan fingerprint density at radius 3 is 1.64 bits per heavy atom. The van der Waals surface area contributed by atoms with Gasteiger partial charge in [-0.1, -0.05) is 96.6 Å². The maximum Gasteiger partial charge on any atom is 0.128 e. The summed E-state index contributed by atoms with van der Waals surface area (Å²) in [6, 6.07) is 43.0. The van der Waals surface area contributed by atoms with Gasteiger partial charge in [-0.2, -0.15) is 0 Å². The number of fused-ring (bicyclic) bond motifs is 4. The summed E-state index contributed by atoms with van der Waals surface area (Å²) in [7, 11) is 0. The van der Waals surface area contributed by atoms with E-state index >= 15 is 0 Å². The summed E-state index contributed by atoms with van der Waals surface area (Å²) in [4.78, 5) is 0. The number of phenolic OH excluding ortho intramolecular Hbond substituents is 1. The van der Waals surface area contributed by atoms with Gasteiger partial charge in [0.15, 0.2) is 0 Å². The van der Waals surface area contributed by atoms with Crippen LogP contribution in [0.1, 0.15) is 28.2 Å². The summed E-state index contributed by atoms with van der Waals surface area (Å²) in [5.41, 5.74) is 4.66. The zero-order valence-corrected chi connectivity index (χ0v) is 24.8. The molecule has 8 rings (SSSR count). The lowest BCUT2D eigenvalue weighted by Gasteiger charge is -2.11. The number of rotatable bonds is 5. The Kier molecular flexibility index (Phi) is 6.57. The Hall–Kier alpha value is -5.80. The number of hydrogen-bond donors (Lipinski definition) is 1. The van der Waals surface area contributed by atoms with Crippen molar-refractivity contribution in [1.82, 2.24) is 0 Å². The number of ether oxygens (including phenoxy) is 2. The van der Waals surface area contributed by atoms with Gasteiger partial charge < -0.3 is 14.6 Å². The Labute approximate surface area is 261 Å².